The number of carbonyl (C=O) groups is 1. The summed E-state index contributed by atoms with van der Waals surface area (Å²) in [6, 6.07) is 19.5. The Hall–Kier alpha value is -3.97. The van der Waals surface area contributed by atoms with Gasteiger partial charge in [-0.3, -0.25) is 14.4 Å². The summed E-state index contributed by atoms with van der Waals surface area (Å²) in [5.74, 6) is 0.222. The number of hydrogen-bond acceptors (Lipinski definition) is 4. The van der Waals surface area contributed by atoms with E-state index in [1.165, 1.54) is 0 Å². The van der Waals surface area contributed by atoms with Crippen molar-refractivity contribution in [1.82, 2.24) is 19.4 Å². The number of halogens is 1. The summed E-state index contributed by atoms with van der Waals surface area (Å²) in [5.41, 5.74) is 1.54. The first-order valence-corrected chi connectivity index (χ1v) is 11.3. The van der Waals surface area contributed by atoms with E-state index in [-0.39, 0.29) is 30.0 Å². The van der Waals surface area contributed by atoms with Gasteiger partial charge in [-0.2, -0.15) is 0 Å². The van der Waals surface area contributed by atoms with Crippen molar-refractivity contribution in [2.75, 3.05) is 6.54 Å². The van der Waals surface area contributed by atoms with E-state index in [9.17, 15) is 14.4 Å². The van der Waals surface area contributed by atoms with E-state index in [0.717, 1.165) is 0 Å². The van der Waals surface area contributed by atoms with Crippen LogP contribution in [0, 0.1) is 0 Å². The van der Waals surface area contributed by atoms with Crippen LogP contribution in [-0.4, -0.2) is 31.9 Å². The number of para-hydroxylation sites is 2. The quantitative estimate of drug-likeness (QED) is 0.390. The minimum atomic E-state index is -0.280. The van der Waals surface area contributed by atoms with E-state index in [2.05, 4.69) is 9.97 Å². The predicted octanol–water partition coefficient (Wildman–Crippen LogP) is 4.09. The van der Waals surface area contributed by atoms with E-state index >= 15 is 0 Å². The minimum absolute atomic E-state index is 0.0405. The second-order valence-corrected chi connectivity index (χ2v) is 8.47. The number of aromatic amines is 1. The van der Waals surface area contributed by atoms with Gasteiger partial charge >= 0.3 is 0 Å². The Kier molecular flexibility index (Phi) is 5.63. The van der Waals surface area contributed by atoms with Crippen molar-refractivity contribution in [2.45, 2.75) is 20.0 Å². The van der Waals surface area contributed by atoms with Crippen LogP contribution < -0.4 is 11.0 Å². The number of carbonyl (C=O) groups excluding carboxylic acids is 1. The van der Waals surface area contributed by atoms with E-state index in [1.807, 2.05) is 47.9 Å². The monoisotopic (exact) mass is 472 g/mol. The molecule has 7 nitrogen and oxygen atoms in total. The van der Waals surface area contributed by atoms with Crippen LogP contribution in [0.2, 0.25) is 5.02 Å². The van der Waals surface area contributed by atoms with Crippen molar-refractivity contribution >= 4 is 50.2 Å². The van der Waals surface area contributed by atoms with Gasteiger partial charge < -0.3 is 14.5 Å². The minimum Gasteiger partial charge on any atom is -0.334 e. The molecule has 3 aromatic carbocycles. The first-order valence-electron chi connectivity index (χ1n) is 10.9. The molecule has 5 rings (SSSR count). The van der Waals surface area contributed by atoms with Crippen molar-refractivity contribution in [3.63, 3.8) is 0 Å². The maximum atomic E-state index is 13.4. The molecule has 1 N–H and O–H groups in total. The third kappa shape index (κ3) is 3.84. The van der Waals surface area contributed by atoms with Crippen LogP contribution in [0.15, 0.2) is 76.3 Å². The van der Waals surface area contributed by atoms with Crippen LogP contribution in [0.3, 0.4) is 0 Å². The highest BCUT2D eigenvalue weighted by Gasteiger charge is 2.18. The number of benzene rings is 3. The number of H-pyrrole nitrogens is 1. The number of pyridine rings is 1. The van der Waals surface area contributed by atoms with Crippen LogP contribution in [0.4, 0.5) is 0 Å². The van der Waals surface area contributed by atoms with Crippen molar-refractivity contribution in [3.8, 4) is 0 Å². The fraction of sp³-hybridized carbons (Fsp3) is 0.154. The lowest BCUT2D eigenvalue weighted by atomic mass is 10.1. The smallest absolute Gasteiger partial charge is 0.258 e. The Morgan fingerprint density at radius 2 is 1.62 bits per heavy atom. The molecule has 0 saturated carbocycles. The molecule has 0 saturated heterocycles. The lowest BCUT2D eigenvalue weighted by Crippen LogP contribution is -2.35. The van der Waals surface area contributed by atoms with E-state index < -0.39 is 0 Å². The van der Waals surface area contributed by atoms with Crippen molar-refractivity contribution in [1.29, 1.82) is 0 Å². The molecular formula is C26H21ClN4O3. The van der Waals surface area contributed by atoms with Gasteiger partial charge in [0, 0.05) is 22.3 Å². The van der Waals surface area contributed by atoms with E-state index in [1.54, 1.807) is 35.2 Å². The average molecular weight is 473 g/mol. The molecule has 1 amide bonds. The molecule has 0 atom stereocenters. The van der Waals surface area contributed by atoms with Gasteiger partial charge in [-0.05, 0) is 49.4 Å². The van der Waals surface area contributed by atoms with Gasteiger partial charge in [0.1, 0.15) is 12.4 Å². The molecule has 0 bridgehead atoms. The van der Waals surface area contributed by atoms with Crippen molar-refractivity contribution in [3.05, 3.63) is 98.2 Å². The molecule has 34 heavy (non-hydrogen) atoms. The summed E-state index contributed by atoms with van der Waals surface area (Å²) in [6.45, 7) is 2.48. The highest BCUT2D eigenvalue weighted by Crippen LogP contribution is 2.20. The summed E-state index contributed by atoms with van der Waals surface area (Å²) in [4.78, 5) is 47.8. The van der Waals surface area contributed by atoms with Gasteiger partial charge in [0.25, 0.3) is 5.56 Å². The zero-order valence-electron chi connectivity index (χ0n) is 18.4. The summed E-state index contributed by atoms with van der Waals surface area (Å²) >= 11 is 6.06. The lowest BCUT2D eigenvalue weighted by Gasteiger charge is -2.23. The van der Waals surface area contributed by atoms with Crippen LogP contribution >= 0.6 is 11.6 Å². The summed E-state index contributed by atoms with van der Waals surface area (Å²) < 4.78 is 1.87. The third-order valence-corrected chi connectivity index (χ3v) is 6.20. The Morgan fingerprint density at radius 3 is 2.26 bits per heavy atom. The zero-order chi connectivity index (χ0) is 23.8. The maximum Gasteiger partial charge on any atom is 0.258 e. The molecule has 2 aromatic heterocycles. The highest BCUT2D eigenvalue weighted by molar-refractivity contribution is 6.31. The Morgan fingerprint density at radius 1 is 0.971 bits per heavy atom. The SMILES string of the molecule is CCN(Cc1nc2cc(Cl)ccc2c(=O)[nH]1)C(=O)Cn1c2ccccc2c(=O)c2ccccc21. The van der Waals surface area contributed by atoms with Gasteiger partial charge in [0.15, 0.2) is 5.43 Å². The number of nitrogens with zero attached hydrogens (tertiary/aromatic N) is 3. The Balaban J connectivity index is 1.53. The zero-order valence-corrected chi connectivity index (χ0v) is 19.2. The number of hydrogen-bond donors (Lipinski definition) is 1. The molecular weight excluding hydrogens is 452 g/mol. The van der Waals surface area contributed by atoms with Crippen molar-refractivity contribution in [2.24, 2.45) is 0 Å². The largest absolute Gasteiger partial charge is 0.334 e. The number of nitrogens with one attached hydrogen (secondary N) is 1. The van der Waals surface area contributed by atoms with Gasteiger partial charge in [-0.1, -0.05) is 35.9 Å². The molecule has 0 aliphatic carbocycles. The lowest BCUT2D eigenvalue weighted by molar-refractivity contribution is -0.132. The third-order valence-electron chi connectivity index (χ3n) is 5.97. The second-order valence-electron chi connectivity index (χ2n) is 8.03. The second kappa shape index (κ2) is 8.76. The Bertz CT molecular complexity index is 1630. The van der Waals surface area contributed by atoms with Crippen LogP contribution in [-0.2, 0) is 17.9 Å². The summed E-state index contributed by atoms with van der Waals surface area (Å²) in [6.07, 6.45) is 0. The Labute approximate surface area is 199 Å². The molecule has 0 aliphatic rings. The first-order chi connectivity index (χ1) is 16.5. The van der Waals surface area contributed by atoms with Crippen LogP contribution in [0.1, 0.15) is 12.7 Å². The van der Waals surface area contributed by atoms with Gasteiger partial charge in [0.05, 0.1) is 28.5 Å². The van der Waals surface area contributed by atoms with Gasteiger partial charge in [-0.15, -0.1) is 0 Å². The van der Waals surface area contributed by atoms with Gasteiger partial charge in [0.2, 0.25) is 5.91 Å². The number of amides is 1. The first kappa shape index (κ1) is 21.9. The summed E-state index contributed by atoms with van der Waals surface area (Å²) in [5, 5.41) is 2.05. The molecule has 0 aliphatic heterocycles. The fourth-order valence-electron chi connectivity index (χ4n) is 4.28. The van der Waals surface area contributed by atoms with Crippen molar-refractivity contribution < 1.29 is 4.79 Å². The molecule has 0 unspecified atom stereocenters. The number of fused-ring (bicyclic) bond motifs is 3. The van der Waals surface area contributed by atoms with E-state index in [0.29, 0.717) is 50.1 Å². The molecule has 2 heterocycles. The number of rotatable bonds is 5. The fourth-order valence-corrected chi connectivity index (χ4v) is 4.44. The molecule has 8 heteroatoms. The van der Waals surface area contributed by atoms with Crippen LogP contribution in [0.25, 0.3) is 32.7 Å². The van der Waals surface area contributed by atoms with E-state index in [4.69, 9.17) is 11.6 Å². The topological polar surface area (TPSA) is 88.1 Å². The summed E-state index contributed by atoms with van der Waals surface area (Å²) in [7, 11) is 0. The number of aromatic nitrogens is 3. The highest BCUT2D eigenvalue weighted by atomic mass is 35.5. The van der Waals surface area contributed by atoms with Crippen LogP contribution in [0.5, 0.6) is 0 Å². The van der Waals surface area contributed by atoms with Gasteiger partial charge in [-0.25, -0.2) is 4.98 Å². The standard InChI is InChI=1S/C26H21ClN4O3/c1-2-30(14-23-28-20-13-16(27)11-12-17(20)26(34)29-23)24(32)15-31-21-9-5-3-7-18(21)25(33)19-8-4-6-10-22(19)31/h3-13H,2,14-15H2,1H3,(H,28,29,34). The average Bonchev–Trinajstić information content (AvgIpc) is 2.84. The normalized spacial score (nSPS) is 11.4. The molecule has 0 fully saturated rings. The molecule has 0 radical (unpaired) electrons. The number of likely N-dealkylation sites (N-methyl/N-ethyl adjacent to an activating group) is 1. The molecule has 5 aromatic rings. The maximum absolute atomic E-state index is 13.4. The predicted molar refractivity (Wildman–Crippen MR) is 134 cm³/mol. The molecule has 0 spiro atoms. The molecule has 170 valence electrons.